The molecule has 0 unspecified atom stereocenters. The quantitative estimate of drug-likeness (QED) is 0.120. The molecule has 168 valence electrons. The second kappa shape index (κ2) is 26.7. The molecule has 28 heavy (non-hydrogen) atoms. The van der Waals surface area contributed by atoms with Gasteiger partial charge < -0.3 is 9.47 Å². The average molecular weight is 397 g/mol. The summed E-state index contributed by atoms with van der Waals surface area (Å²) in [7, 11) is 0. The van der Waals surface area contributed by atoms with E-state index < -0.39 is 0 Å². The molecular weight excluding hydrogens is 344 g/mol. The van der Waals surface area contributed by atoms with Crippen LogP contribution in [0.15, 0.2) is 12.2 Å². The molecule has 0 heterocycles. The molecule has 2 nitrogen and oxygen atoms in total. The van der Waals surface area contributed by atoms with Crippen molar-refractivity contribution in [3.8, 4) is 0 Å². The highest BCUT2D eigenvalue weighted by Gasteiger charge is 1.93. The van der Waals surface area contributed by atoms with E-state index in [1.807, 2.05) is 0 Å². The summed E-state index contributed by atoms with van der Waals surface area (Å²) >= 11 is 0. The van der Waals surface area contributed by atoms with Crippen molar-refractivity contribution in [3.05, 3.63) is 12.2 Å². The van der Waals surface area contributed by atoms with Crippen molar-refractivity contribution in [3.63, 3.8) is 0 Å². The van der Waals surface area contributed by atoms with Crippen molar-refractivity contribution in [1.82, 2.24) is 0 Å². The van der Waals surface area contributed by atoms with Gasteiger partial charge in [0.2, 0.25) is 0 Å². The Hall–Kier alpha value is -0.340. The zero-order chi connectivity index (χ0) is 20.4. The Kier molecular flexibility index (Phi) is 26.3. The van der Waals surface area contributed by atoms with Gasteiger partial charge in [-0.2, -0.15) is 0 Å². The largest absolute Gasteiger partial charge is 0.381 e. The third-order valence-corrected chi connectivity index (χ3v) is 5.27. The van der Waals surface area contributed by atoms with E-state index in [4.69, 9.17) is 9.47 Å². The topological polar surface area (TPSA) is 18.5 Å². The molecule has 0 N–H and O–H groups in total. The van der Waals surface area contributed by atoms with Gasteiger partial charge in [-0.1, -0.05) is 90.2 Å². The maximum atomic E-state index is 5.60. The van der Waals surface area contributed by atoms with Crippen LogP contribution in [-0.4, -0.2) is 26.4 Å². The fourth-order valence-corrected chi connectivity index (χ4v) is 3.28. The van der Waals surface area contributed by atoms with Crippen molar-refractivity contribution in [2.45, 2.75) is 129 Å². The number of hydrogen-bond acceptors (Lipinski definition) is 2. The molecule has 0 saturated heterocycles. The van der Waals surface area contributed by atoms with E-state index in [2.05, 4.69) is 26.0 Å². The molecule has 0 aromatic carbocycles. The molecule has 0 aromatic rings. The first-order valence-corrected chi connectivity index (χ1v) is 12.7. The van der Waals surface area contributed by atoms with Gasteiger partial charge in [-0.25, -0.2) is 0 Å². The molecule has 0 aliphatic carbocycles. The van der Waals surface area contributed by atoms with E-state index >= 15 is 0 Å². The fourth-order valence-electron chi connectivity index (χ4n) is 3.28. The third-order valence-electron chi connectivity index (χ3n) is 5.27. The standard InChI is InChI=1S/C26H52O2/c1-3-5-23-27-25-21-19-17-15-13-11-9-7-8-10-12-14-16-18-20-22-26-28-24-6-4-2/h7-8H,3-6,9-26H2,1-2H3/b8-7-. The van der Waals surface area contributed by atoms with Crippen LogP contribution in [-0.2, 0) is 9.47 Å². The number of ether oxygens (including phenoxy) is 2. The summed E-state index contributed by atoms with van der Waals surface area (Å²) in [6.45, 7) is 8.28. The minimum absolute atomic E-state index is 0.956. The summed E-state index contributed by atoms with van der Waals surface area (Å²) in [6, 6.07) is 0. The molecule has 0 atom stereocenters. The molecule has 0 amide bonds. The molecule has 2 heteroatoms. The van der Waals surface area contributed by atoms with Crippen molar-refractivity contribution in [1.29, 1.82) is 0 Å². The SMILES string of the molecule is CCCCOCCCCCCCC/C=C\CCCCCCCCOCCCC. The molecule has 0 spiro atoms. The van der Waals surface area contributed by atoms with Gasteiger partial charge in [-0.05, 0) is 51.4 Å². The van der Waals surface area contributed by atoms with Gasteiger partial charge in [0.05, 0.1) is 0 Å². The van der Waals surface area contributed by atoms with Gasteiger partial charge in [-0.3, -0.25) is 0 Å². The van der Waals surface area contributed by atoms with Gasteiger partial charge in [0, 0.05) is 26.4 Å². The summed E-state index contributed by atoms with van der Waals surface area (Å²) in [5.41, 5.74) is 0. The summed E-state index contributed by atoms with van der Waals surface area (Å²) < 4.78 is 11.2. The highest BCUT2D eigenvalue weighted by Crippen LogP contribution is 2.10. The summed E-state index contributed by atoms with van der Waals surface area (Å²) in [5, 5.41) is 0. The molecule has 0 fully saturated rings. The van der Waals surface area contributed by atoms with Crippen LogP contribution in [0.1, 0.15) is 129 Å². The lowest BCUT2D eigenvalue weighted by molar-refractivity contribution is 0.127. The van der Waals surface area contributed by atoms with Gasteiger partial charge in [-0.15, -0.1) is 0 Å². The Balaban J connectivity index is 3.05. The van der Waals surface area contributed by atoms with Crippen LogP contribution >= 0.6 is 0 Å². The van der Waals surface area contributed by atoms with Gasteiger partial charge >= 0.3 is 0 Å². The Bertz CT molecular complexity index is 260. The zero-order valence-electron chi connectivity index (χ0n) is 19.5. The average Bonchev–Trinajstić information content (AvgIpc) is 2.71. The van der Waals surface area contributed by atoms with Crippen LogP contribution in [0.2, 0.25) is 0 Å². The third kappa shape index (κ3) is 25.7. The fraction of sp³-hybridized carbons (Fsp3) is 0.923. The lowest BCUT2D eigenvalue weighted by Gasteiger charge is -2.03. The lowest BCUT2D eigenvalue weighted by atomic mass is 10.1. The van der Waals surface area contributed by atoms with Gasteiger partial charge in [0.1, 0.15) is 0 Å². The van der Waals surface area contributed by atoms with E-state index in [-0.39, 0.29) is 0 Å². The Labute approximate surface area is 177 Å². The molecular formula is C26H52O2. The summed E-state index contributed by atoms with van der Waals surface area (Å²) in [5.74, 6) is 0. The van der Waals surface area contributed by atoms with Crippen LogP contribution in [0.4, 0.5) is 0 Å². The molecule has 0 saturated carbocycles. The van der Waals surface area contributed by atoms with E-state index in [9.17, 15) is 0 Å². The van der Waals surface area contributed by atoms with Gasteiger partial charge in [0.15, 0.2) is 0 Å². The summed E-state index contributed by atoms with van der Waals surface area (Å²) in [4.78, 5) is 0. The lowest BCUT2D eigenvalue weighted by Crippen LogP contribution is -1.96. The van der Waals surface area contributed by atoms with Crippen LogP contribution < -0.4 is 0 Å². The van der Waals surface area contributed by atoms with E-state index in [1.54, 1.807) is 0 Å². The van der Waals surface area contributed by atoms with Crippen LogP contribution in [0.25, 0.3) is 0 Å². The van der Waals surface area contributed by atoms with Crippen molar-refractivity contribution in [2.75, 3.05) is 26.4 Å². The van der Waals surface area contributed by atoms with E-state index in [1.165, 1.54) is 116 Å². The Morgan fingerprint density at radius 1 is 0.393 bits per heavy atom. The van der Waals surface area contributed by atoms with Crippen molar-refractivity contribution in [2.24, 2.45) is 0 Å². The highest BCUT2D eigenvalue weighted by molar-refractivity contribution is 4.81. The van der Waals surface area contributed by atoms with Crippen molar-refractivity contribution < 1.29 is 9.47 Å². The minimum Gasteiger partial charge on any atom is -0.381 e. The first-order valence-electron chi connectivity index (χ1n) is 12.7. The number of rotatable bonds is 24. The second-order valence-corrected chi connectivity index (χ2v) is 8.22. The number of unbranched alkanes of at least 4 members (excludes halogenated alkanes) is 14. The molecule has 0 radical (unpaired) electrons. The Morgan fingerprint density at radius 3 is 1.11 bits per heavy atom. The molecule has 0 aliphatic heterocycles. The minimum atomic E-state index is 0.956. The maximum absolute atomic E-state index is 5.60. The number of hydrogen-bond donors (Lipinski definition) is 0. The highest BCUT2D eigenvalue weighted by atomic mass is 16.5. The van der Waals surface area contributed by atoms with Crippen LogP contribution in [0.3, 0.4) is 0 Å². The van der Waals surface area contributed by atoms with Crippen molar-refractivity contribution >= 4 is 0 Å². The van der Waals surface area contributed by atoms with E-state index in [0.717, 1.165) is 26.4 Å². The maximum Gasteiger partial charge on any atom is 0.0466 e. The van der Waals surface area contributed by atoms with Crippen LogP contribution in [0, 0.1) is 0 Å². The van der Waals surface area contributed by atoms with Gasteiger partial charge in [0.25, 0.3) is 0 Å². The predicted molar refractivity (Wildman–Crippen MR) is 125 cm³/mol. The predicted octanol–water partition coefficient (Wildman–Crippen LogP) is 8.64. The first-order chi connectivity index (χ1) is 13.9. The monoisotopic (exact) mass is 396 g/mol. The van der Waals surface area contributed by atoms with Crippen LogP contribution in [0.5, 0.6) is 0 Å². The zero-order valence-corrected chi connectivity index (χ0v) is 19.5. The number of allylic oxidation sites excluding steroid dienone is 2. The first kappa shape index (κ1) is 27.7. The molecule has 0 aliphatic rings. The van der Waals surface area contributed by atoms with E-state index in [0.29, 0.717) is 0 Å². The molecule has 0 aromatic heterocycles. The molecule has 0 bridgehead atoms. The molecule has 0 rings (SSSR count). The summed E-state index contributed by atoms with van der Waals surface area (Å²) in [6.07, 6.45) is 28.5. The second-order valence-electron chi connectivity index (χ2n) is 8.22. The Morgan fingerprint density at radius 2 is 0.714 bits per heavy atom. The smallest absolute Gasteiger partial charge is 0.0466 e. The normalized spacial score (nSPS) is 11.6.